The summed E-state index contributed by atoms with van der Waals surface area (Å²) in [6.07, 6.45) is -0.316. The van der Waals surface area contributed by atoms with E-state index in [0.29, 0.717) is 18.8 Å². The molecule has 3 rings (SSSR count). The number of fused-ring (bicyclic) bond motifs is 4. The van der Waals surface area contributed by atoms with Crippen molar-refractivity contribution < 1.29 is 24.5 Å². The van der Waals surface area contributed by atoms with Crippen molar-refractivity contribution in [2.75, 3.05) is 19.7 Å². The second-order valence-corrected chi connectivity index (χ2v) is 5.79. The van der Waals surface area contributed by atoms with Crippen LogP contribution in [0.1, 0.15) is 35.6 Å². The van der Waals surface area contributed by atoms with E-state index >= 15 is 0 Å². The Morgan fingerprint density at radius 2 is 2.09 bits per heavy atom. The predicted octanol–water partition coefficient (Wildman–Crippen LogP) is 0.223. The number of nitrogens with zero attached hydrogens (tertiary/aromatic N) is 3. The highest BCUT2D eigenvalue weighted by molar-refractivity contribution is 5.90. The van der Waals surface area contributed by atoms with Crippen LogP contribution >= 0.6 is 0 Å². The molecule has 124 valence electrons. The van der Waals surface area contributed by atoms with Crippen LogP contribution in [0.15, 0.2) is 4.79 Å². The normalized spacial score (nSPS) is 22.4. The highest BCUT2D eigenvalue weighted by Gasteiger charge is 2.39. The van der Waals surface area contributed by atoms with E-state index in [1.165, 1.54) is 9.47 Å². The Morgan fingerprint density at radius 1 is 1.35 bits per heavy atom. The molecule has 2 N–H and O–H groups in total. The molecule has 1 amide bonds. The lowest BCUT2D eigenvalue weighted by Gasteiger charge is -2.40. The van der Waals surface area contributed by atoms with Crippen LogP contribution in [-0.4, -0.2) is 56.4 Å². The highest BCUT2D eigenvalue weighted by Crippen LogP contribution is 2.35. The maximum Gasteiger partial charge on any atom is 0.407 e. The molecule has 0 radical (unpaired) electrons. The molecule has 2 bridgehead atoms. The minimum absolute atomic E-state index is 0.00954. The minimum atomic E-state index is -1.01. The third-order valence-electron chi connectivity index (χ3n) is 4.26. The number of piperidine rings is 1. The Morgan fingerprint density at radius 3 is 2.74 bits per heavy atom. The standard InChI is InChI=1S/C14H17N3O6/c1-2-23-13(20)9-10(18)12(19)17-5-7-3-8(11(17)15-9)6-16(4-7)14(21)22/h7-8,18H,2-6H2,1H3,(H,21,22). The van der Waals surface area contributed by atoms with Gasteiger partial charge in [-0.15, -0.1) is 0 Å². The van der Waals surface area contributed by atoms with Gasteiger partial charge >= 0.3 is 12.1 Å². The molecule has 2 atom stereocenters. The zero-order chi connectivity index (χ0) is 16.7. The molecular weight excluding hydrogens is 306 g/mol. The summed E-state index contributed by atoms with van der Waals surface area (Å²) in [7, 11) is 0. The van der Waals surface area contributed by atoms with Crippen molar-refractivity contribution >= 4 is 12.1 Å². The summed E-state index contributed by atoms with van der Waals surface area (Å²) < 4.78 is 6.15. The number of carboxylic acid groups (broad SMARTS) is 1. The fourth-order valence-corrected chi connectivity index (χ4v) is 3.33. The zero-order valence-corrected chi connectivity index (χ0v) is 12.6. The first-order chi connectivity index (χ1) is 10.9. The molecular formula is C14H17N3O6. The van der Waals surface area contributed by atoms with Gasteiger partial charge in [0.05, 0.1) is 6.61 Å². The summed E-state index contributed by atoms with van der Waals surface area (Å²) in [5, 5.41) is 19.1. The third kappa shape index (κ3) is 2.51. The SMILES string of the molecule is CCOC(=O)c1nc2n(c(=O)c1O)CC1CC2CN(C(=O)O)C1. The number of hydrogen-bond donors (Lipinski definition) is 2. The van der Waals surface area contributed by atoms with Gasteiger partial charge in [0.1, 0.15) is 5.82 Å². The molecule has 0 aromatic carbocycles. The molecule has 1 fully saturated rings. The van der Waals surface area contributed by atoms with Gasteiger partial charge in [-0.3, -0.25) is 9.36 Å². The molecule has 3 heterocycles. The lowest BCUT2D eigenvalue weighted by molar-refractivity contribution is 0.0510. The number of ether oxygens (including phenoxy) is 1. The first-order valence-corrected chi connectivity index (χ1v) is 7.41. The van der Waals surface area contributed by atoms with E-state index in [1.807, 2.05) is 0 Å². The lowest BCUT2D eigenvalue weighted by atomic mass is 9.85. The molecule has 2 unspecified atom stereocenters. The van der Waals surface area contributed by atoms with Gasteiger partial charge in [-0.1, -0.05) is 0 Å². The first kappa shape index (κ1) is 15.3. The lowest BCUT2D eigenvalue weighted by Crippen LogP contribution is -2.49. The maximum atomic E-state index is 12.3. The fraction of sp³-hybridized carbons (Fsp3) is 0.571. The molecule has 2 aliphatic rings. The quantitative estimate of drug-likeness (QED) is 0.747. The topological polar surface area (TPSA) is 122 Å². The van der Waals surface area contributed by atoms with Gasteiger partial charge in [-0.2, -0.15) is 0 Å². The second kappa shape index (κ2) is 5.56. The van der Waals surface area contributed by atoms with Gasteiger partial charge in [0.15, 0.2) is 5.69 Å². The summed E-state index contributed by atoms with van der Waals surface area (Å²) in [6, 6.07) is 0. The summed E-state index contributed by atoms with van der Waals surface area (Å²) >= 11 is 0. The Balaban J connectivity index is 2.06. The van der Waals surface area contributed by atoms with Crippen molar-refractivity contribution in [3.05, 3.63) is 21.9 Å². The van der Waals surface area contributed by atoms with Crippen molar-refractivity contribution in [2.24, 2.45) is 5.92 Å². The van der Waals surface area contributed by atoms with E-state index in [0.717, 1.165) is 0 Å². The molecule has 9 heteroatoms. The Labute approximate surface area is 131 Å². The number of carbonyl (C=O) groups excluding carboxylic acids is 1. The van der Waals surface area contributed by atoms with Crippen LogP contribution in [-0.2, 0) is 11.3 Å². The van der Waals surface area contributed by atoms with Crippen LogP contribution in [0, 0.1) is 5.92 Å². The Kier molecular flexibility index (Phi) is 3.70. The van der Waals surface area contributed by atoms with Crippen LogP contribution in [0.2, 0.25) is 0 Å². The van der Waals surface area contributed by atoms with Crippen molar-refractivity contribution in [1.82, 2.24) is 14.5 Å². The van der Waals surface area contributed by atoms with Crippen LogP contribution in [0.3, 0.4) is 0 Å². The zero-order valence-electron chi connectivity index (χ0n) is 12.6. The van der Waals surface area contributed by atoms with Gasteiger partial charge in [0.25, 0.3) is 5.56 Å². The van der Waals surface area contributed by atoms with E-state index in [9.17, 15) is 24.6 Å². The summed E-state index contributed by atoms with van der Waals surface area (Å²) in [6.45, 7) is 2.54. The highest BCUT2D eigenvalue weighted by atomic mass is 16.5. The van der Waals surface area contributed by atoms with Crippen molar-refractivity contribution in [3.63, 3.8) is 0 Å². The van der Waals surface area contributed by atoms with Crippen molar-refractivity contribution in [3.8, 4) is 5.75 Å². The minimum Gasteiger partial charge on any atom is -0.501 e. The molecule has 0 spiro atoms. The average molecular weight is 323 g/mol. The summed E-state index contributed by atoms with van der Waals surface area (Å²) in [4.78, 5) is 40.8. The van der Waals surface area contributed by atoms with Gasteiger partial charge in [0, 0.05) is 25.6 Å². The number of aromatic nitrogens is 2. The number of amides is 1. The number of esters is 1. The largest absolute Gasteiger partial charge is 0.501 e. The second-order valence-electron chi connectivity index (χ2n) is 5.79. The van der Waals surface area contributed by atoms with Crippen molar-refractivity contribution in [1.29, 1.82) is 0 Å². The van der Waals surface area contributed by atoms with Crippen LogP contribution in [0.25, 0.3) is 0 Å². The fourth-order valence-electron chi connectivity index (χ4n) is 3.33. The van der Waals surface area contributed by atoms with E-state index in [4.69, 9.17) is 4.74 Å². The summed E-state index contributed by atoms with van der Waals surface area (Å²) in [5.74, 6) is -1.54. The van der Waals surface area contributed by atoms with Crippen molar-refractivity contribution in [2.45, 2.75) is 25.8 Å². The molecule has 1 aromatic heterocycles. The number of likely N-dealkylation sites (tertiary alicyclic amines) is 1. The number of hydrogen-bond acceptors (Lipinski definition) is 6. The molecule has 9 nitrogen and oxygen atoms in total. The molecule has 23 heavy (non-hydrogen) atoms. The smallest absolute Gasteiger partial charge is 0.407 e. The van der Waals surface area contributed by atoms with Gasteiger partial charge in [-0.05, 0) is 19.3 Å². The first-order valence-electron chi connectivity index (χ1n) is 7.41. The molecule has 2 aliphatic heterocycles. The van der Waals surface area contributed by atoms with E-state index < -0.39 is 29.1 Å². The van der Waals surface area contributed by atoms with Crippen LogP contribution < -0.4 is 5.56 Å². The van der Waals surface area contributed by atoms with E-state index in [-0.39, 0.29) is 31.5 Å². The molecule has 1 aromatic rings. The third-order valence-corrected chi connectivity index (χ3v) is 4.26. The van der Waals surface area contributed by atoms with Crippen LogP contribution in [0.4, 0.5) is 4.79 Å². The molecule has 0 saturated carbocycles. The van der Waals surface area contributed by atoms with E-state index in [2.05, 4.69) is 4.98 Å². The average Bonchev–Trinajstić information content (AvgIpc) is 2.51. The molecule has 1 saturated heterocycles. The molecule has 0 aliphatic carbocycles. The monoisotopic (exact) mass is 323 g/mol. The number of rotatable bonds is 2. The number of aromatic hydroxyl groups is 1. The summed E-state index contributed by atoms with van der Waals surface area (Å²) in [5.41, 5.74) is -1.09. The maximum absolute atomic E-state index is 12.3. The van der Waals surface area contributed by atoms with Gasteiger partial charge < -0.3 is 19.8 Å². The Bertz CT molecular complexity index is 728. The predicted molar refractivity (Wildman–Crippen MR) is 76.6 cm³/mol. The number of carbonyl (C=O) groups is 2. The van der Waals surface area contributed by atoms with Gasteiger partial charge in [0.2, 0.25) is 5.75 Å². The van der Waals surface area contributed by atoms with Gasteiger partial charge in [-0.25, -0.2) is 14.6 Å². The Hall–Kier alpha value is -2.58. The van der Waals surface area contributed by atoms with Crippen LogP contribution in [0.5, 0.6) is 5.75 Å². The van der Waals surface area contributed by atoms with E-state index in [1.54, 1.807) is 6.92 Å².